The number of nitrogens with one attached hydrogen (secondary N) is 2. The minimum Gasteiger partial charge on any atom is -0.383 e. The summed E-state index contributed by atoms with van der Waals surface area (Å²) in [4.78, 5) is 11.5. The van der Waals surface area contributed by atoms with E-state index in [0.717, 1.165) is 18.4 Å². The van der Waals surface area contributed by atoms with Crippen LogP contribution in [0.4, 0.5) is 0 Å². The average molecular weight is 284 g/mol. The Morgan fingerprint density at radius 2 is 1.85 bits per heavy atom. The van der Waals surface area contributed by atoms with Gasteiger partial charge in [0.1, 0.15) is 0 Å². The van der Waals surface area contributed by atoms with Crippen molar-refractivity contribution in [2.75, 3.05) is 33.4 Å². The Bertz CT molecular complexity index is 279. The van der Waals surface area contributed by atoms with Crippen LogP contribution in [-0.4, -0.2) is 39.3 Å². The lowest BCUT2D eigenvalue weighted by molar-refractivity contribution is -0.120. The van der Waals surface area contributed by atoms with Gasteiger partial charge in [0.15, 0.2) is 0 Å². The summed E-state index contributed by atoms with van der Waals surface area (Å²) >= 11 is 0. The van der Waals surface area contributed by atoms with Crippen molar-refractivity contribution in [3.63, 3.8) is 0 Å². The Balaban J connectivity index is 2.08. The highest BCUT2D eigenvalue weighted by Gasteiger charge is 2.29. The number of amides is 1. The van der Waals surface area contributed by atoms with E-state index in [1.165, 1.54) is 25.7 Å². The van der Waals surface area contributed by atoms with E-state index in [1.54, 1.807) is 7.11 Å². The SMILES string of the molecule is COCCNC(=O)CNCC1CCC(C(C)(C)C)CC1. The van der Waals surface area contributed by atoms with Gasteiger partial charge in [-0.1, -0.05) is 20.8 Å². The minimum absolute atomic E-state index is 0.0606. The molecule has 4 nitrogen and oxygen atoms in total. The lowest BCUT2D eigenvalue weighted by Crippen LogP contribution is -2.38. The molecule has 0 aromatic heterocycles. The van der Waals surface area contributed by atoms with Crippen molar-refractivity contribution in [1.29, 1.82) is 0 Å². The summed E-state index contributed by atoms with van der Waals surface area (Å²) in [5, 5.41) is 6.10. The van der Waals surface area contributed by atoms with Crippen LogP contribution in [0.25, 0.3) is 0 Å². The van der Waals surface area contributed by atoms with Crippen molar-refractivity contribution < 1.29 is 9.53 Å². The molecule has 1 rings (SSSR count). The Morgan fingerprint density at radius 1 is 1.20 bits per heavy atom. The Morgan fingerprint density at radius 3 is 2.40 bits per heavy atom. The van der Waals surface area contributed by atoms with Crippen LogP contribution in [0.3, 0.4) is 0 Å². The van der Waals surface area contributed by atoms with Gasteiger partial charge >= 0.3 is 0 Å². The van der Waals surface area contributed by atoms with Gasteiger partial charge in [0.2, 0.25) is 5.91 Å². The fourth-order valence-corrected chi connectivity index (χ4v) is 2.98. The zero-order valence-corrected chi connectivity index (χ0v) is 13.6. The fourth-order valence-electron chi connectivity index (χ4n) is 2.98. The maximum atomic E-state index is 11.5. The van der Waals surface area contributed by atoms with Crippen LogP contribution in [-0.2, 0) is 9.53 Å². The zero-order chi connectivity index (χ0) is 15.0. The molecule has 0 unspecified atom stereocenters. The van der Waals surface area contributed by atoms with Crippen LogP contribution >= 0.6 is 0 Å². The summed E-state index contributed by atoms with van der Waals surface area (Å²) < 4.78 is 4.89. The summed E-state index contributed by atoms with van der Waals surface area (Å²) in [6.45, 7) is 9.59. The monoisotopic (exact) mass is 284 g/mol. The number of hydrogen-bond acceptors (Lipinski definition) is 3. The van der Waals surface area contributed by atoms with Crippen LogP contribution in [0.2, 0.25) is 0 Å². The van der Waals surface area contributed by atoms with E-state index < -0.39 is 0 Å². The first-order valence-electron chi connectivity index (χ1n) is 7.90. The number of ether oxygens (including phenoxy) is 1. The molecule has 0 heterocycles. The summed E-state index contributed by atoms with van der Waals surface area (Å²) in [6, 6.07) is 0. The molecule has 0 spiro atoms. The van der Waals surface area contributed by atoms with Gasteiger partial charge in [0, 0.05) is 13.7 Å². The van der Waals surface area contributed by atoms with Crippen molar-refractivity contribution in [2.45, 2.75) is 46.5 Å². The molecule has 1 fully saturated rings. The Kier molecular flexibility index (Phi) is 7.52. The maximum absolute atomic E-state index is 11.5. The molecular formula is C16H32N2O2. The molecule has 4 heteroatoms. The fraction of sp³-hybridized carbons (Fsp3) is 0.938. The molecule has 1 aliphatic carbocycles. The highest BCUT2D eigenvalue weighted by Crippen LogP contribution is 2.39. The lowest BCUT2D eigenvalue weighted by atomic mass is 9.70. The highest BCUT2D eigenvalue weighted by molar-refractivity contribution is 5.77. The van der Waals surface area contributed by atoms with Gasteiger partial charge in [-0.05, 0) is 49.5 Å². The van der Waals surface area contributed by atoms with Crippen LogP contribution in [0, 0.1) is 17.3 Å². The van der Waals surface area contributed by atoms with Crippen LogP contribution in [0.1, 0.15) is 46.5 Å². The van der Waals surface area contributed by atoms with Gasteiger partial charge in [0.25, 0.3) is 0 Å². The van der Waals surface area contributed by atoms with E-state index >= 15 is 0 Å². The molecule has 0 aliphatic heterocycles. The van der Waals surface area contributed by atoms with E-state index in [4.69, 9.17) is 4.74 Å². The minimum atomic E-state index is 0.0606. The molecule has 0 radical (unpaired) electrons. The third-order valence-electron chi connectivity index (χ3n) is 4.42. The Hall–Kier alpha value is -0.610. The molecular weight excluding hydrogens is 252 g/mol. The second kappa shape index (κ2) is 8.63. The summed E-state index contributed by atoms with van der Waals surface area (Å²) in [6.07, 6.45) is 5.24. The molecule has 0 bridgehead atoms. The molecule has 2 N–H and O–H groups in total. The molecule has 0 atom stereocenters. The molecule has 1 amide bonds. The summed E-state index contributed by atoms with van der Waals surface area (Å²) in [5.74, 6) is 1.65. The summed E-state index contributed by atoms with van der Waals surface area (Å²) in [5.41, 5.74) is 0.444. The summed E-state index contributed by atoms with van der Waals surface area (Å²) in [7, 11) is 1.64. The lowest BCUT2D eigenvalue weighted by Gasteiger charge is -2.37. The highest BCUT2D eigenvalue weighted by atomic mass is 16.5. The molecule has 1 saturated carbocycles. The smallest absolute Gasteiger partial charge is 0.234 e. The van der Waals surface area contributed by atoms with Crippen molar-refractivity contribution >= 4 is 5.91 Å². The van der Waals surface area contributed by atoms with Gasteiger partial charge in [-0.15, -0.1) is 0 Å². The largest absolute Gasteiger partial charge is 0.383 e. The van der Waals surface area contributed by atoms with E-state index in [9.17, 15) is 4.79 Å². The normalized spacial score (nSPS) is 23.6. The molecule has 0 aromatic rings. The Labute approximate surface area is 124 Å². The maximum Gasteiger partial charge on any atom is 0.234 e. The molecule has 1 aliphatic rings. The molecule has 118 valence electrons. The number of methoxy groups -OCH3 is 1. The number of rotatable bonds is 7. The molecule has 0 aromatic carbocycles. The average Bonchev–Trinajstić information content (AvgIpc) is 2.38. The quantitative estimate of drug-likeness (QED) is 0.705. The first kappa shape index (κ1) is 17.4. The van der Waals surface area contributed by atoms with Gasteiger partial charge in [-0.3, -0.25) is 4.79 Å². The van der Waals surface area contributed by atoms with Gasteiger partial charge in [-0.2, -0.15) is 0 Å². The van der Waals surface area contributed by atoms with Gasteiger partial charge in [0.05, 0.1) is 13.2 Å². The second-order valence-electron chi connectivity index (χ2n) is 7.06. The third-order valence-corrected chi connectivity index (χ3v) is 4.42. The van der Waals surface area contributed by atoms with E-state index in [-0.39, 0.29) is 5.91 Å². The molecule has 20 heavy (non-hydrogen) atoms. The zero-order valence-electron chi connectivity index (χ0n) is 13.6. The van der Waals surface area contributed by atoms with Gasteiger partial charge < -0.3 is 15.4 Å². The number of hydrogen-bond donors (Lipinski definition) is 2. The van der Waals surface area contributed by atoms with E-state index in [0.29, 0.717) is 25.1 Å². The second-order valence-corrected chi connectivity index (χ2v) is 7.06. The topological polar surface area (TPSA) is 50.4 Å². The predicted octanol–water partition coefficient (Wildman–Crippen LogP) is 2.19. The third kappa shape index (κ3) is 6.71. The standard InChI is InChI=1S/C16H32N2O2/c1-16(2,3)14-7-5-13(6-8-14)11-17-12-15(19)18-9-10-20-4/h13-14,17H,5-12H2,1-4H3,(H,18,19). The van der Waals surface area contributed by atoms with E-state index in [2.05, 4.69) is 31.4 Å². The number of carbonyl (C=O) groups is 1. The first-order chi connectivity index (χ1) is 9.43. The van der Waals surface area contributed by atoms with Crippen LogP contribution in [0.15, 0.2) is 0 Å². The number of carbonyl (C=O) groups excluding carboxylic acids is 1. The van der Waals surface area contributed by atoms with Crippen LogP contribution < -0.4 is 10.6 Å². The van der Waals surface area contributed by atoms with Gasteiger partial charge in [-0.25, -0.2) is 0 Å². The van der Waals surface area contributed by atoms with Crippen molar-refractivity contribution in [3.8, 4) is 0 Å². The van der Waals surface area contributed by atoms with Crippen molar-refractivity contribution in [1.82, 2.24) is 10.6 Å². The van der Waals surface area contributed by atoms with Crippen molar-refractivity contribution in [2.24, 2.45) is 17.3 Å². The molecule has 0 saturated heterocycles. The van der Waals surface area contributed by atoms with Crippen molar-refractivity contribution in [3.05, 3.63) is 0 Å². The predicted molar refractivity (Wildman–Crippen MR) is 82.7 cm³/mol. The van der Waals surface area contributed by atoms with E-state index in [1.807, 2.05) is 0 Å². The van der Waals surface area contributed by atoms with Crippen LogP contribution in [0.5, 0.6) is 0 Å². The first-order valence-corrected chi connectivity index (χ1v) is 7.90.